The second-order valence-electron chi connectivity index (χ2n) is 5.40. The molecule has 0 aromatic heterocycles. The van der Waals surface area contributed by atoms with Gasteiger partial charge in [-0.1, -0.05) is 6.07 Å². The summed E-state index contributed by atoms with van der Waals surface area (Å²) >= 11 is 0. The predicted octanol–water partition coefficient (Wildman–Crippen LogP) is 1.98. The average Bonchev–Trinajstić information content (AvgIpc) is 2.60. The SMILES string of the molecule is COc1ccc(CCNC[C@@H](O)c2cc(O)ccc2O)cc1OC. The van der Waals surface area contributed by atoms with Gasteiger partial charge >= 0.3 is 0 Å². The van der Waals surface area contributed by atoms with Crippen LogP contribution in [0.5, 0.6) is 23.0 Å². The molecule has 24 heavy (non-hydrogen) atoms. The van der Waals surface area contributed by atoms with Gasteiger partial charge in [0.05, 0.1) is 20.3 Å². The van der Waals surface area contributed by atoms with Crippen LogP contribution in [0.3, 0.4) is 0 Å². The third-order valence-corrected chi connectivity index (χ3v) is 3.75. The monoisotopic (exact) mass is 333 g/mol. The highest BCUT2D eigenvalue weighted by atomic mass is 16.5. The normalized spacial score (nSPS) is 12.0. The van der Waals surface area contributed by atoms with Gasteiger partial charge in [-0.05, 0) is 48.9 Å². The van der Waals surface area contributed by atoms with E-state index in [2.05, 4.69) is 5.32 Å². The Kier molecular flexibility index (Phi) is 6.28. The zero-order chi connectivity index (χ0) is 17.5. The predicted molar refractivity (Wildman–Crippen MR) is 90.9 cm³/mol. The first-order chi connectivity index (χ1) is 11.5. The maximum Gasteiger partial charge on any atom is 0.160 e. The first-order valence-corrected chi connectivity index (χ1v) is 7.66. The van der Waals surface area contributed by atoms with Crippen LogP contribution in [0.15, 0.2) is 36.4 Å². The lowest BCUT2D eigenvalue weighted by Crippen LogP contribution is -2.23. The van der Waals surface area contributed by atoms with Gasteiger partial charge in [-0.15, -0.1) is 0 Å². The Morgan fingerprint density at radius 3 is 2.46 bits per heavy atom. The van der Waals surface area contributed by atoms with Crippen molar-refractivity contribution in [1.82, 2.24) is 5.32 Å². The number of phenols is 2. The van der Waals surface area contributed by atoms with Crippen molar-refractivity contribution in [3.05, 3.63) is 47.5 Å². The Hall–Kier alpha value is -2.44. The van der Waals surface area contributed by atoms with E-state index in [1.54, 1.807) is 14.2 Å². The zero-order valence-corrected chi connectivity index (χ0v) is 13.8. The summed E-state index contributed by atoms with van der Waals surface area (Å²) in [5, 5.41) is 32.4. The van der Waals surface area contributed by atoms with Crippen LogP contribution in [0.25, 0.3) is 0 Å². The van der Waals surface area contributed by atoms with Gasteiger partial charge in [0, 0.05) is 12.1 Å². The van der Waals surface area contributed by atoms with E-state index < -0.39 is 6.10 Å². The van der Waals surface area contributed by atoms with Crippen molar-refractivity contribution in [2.75, 3.05) is 27.3 Å². The molecule has 0 saturated heterocycles. The number of rotatable bonds is 8. The van der Waals surface area contributed by atoms with E-state index in [1.165, 1.54) is 18.2 Å². The van der Waals surface area contributed by atoms with Crippen LogP contribution in [-0.4, -0.2) is 42.6 Å². The Balaban J connectivity index is 1.85. The van der Waals surface area contributed by atoms with Crippen LogP contribution in [0.2, 0.25) is 0 Å². The van der Waals surface area contributed by atoms with Crippen molar-refractivity contribution in [2.24, 2.45) is 0 Å². The largest absolute Gasteiger partial charge is 0.508 e. The summed E-state index contributed by atoms with van der Waals surface area (Å²) in [5.41, 5.74) is 1.38. The molecule has 0 aliphatic heterocycles. The summed E-state index contributed by atoms with van der Waals surface area (Å²) in [7, 11) is 3.19. The molecule has 6 nitrogen and oxygen atoms in total. The molecule has 1 atom stereocenters. The van der Waals surface area contributed by atoms with Crippen LogP contribution in [0.4, 0.5) is 0 Å². The Bertz CT molecular complexity index is 674. The topological polar surface area (TPSA) is 91.2 Å². The van der Waals surface area contributed by atoms with E-state index in [0.717, 1.165) is 12.0 Å². The van der Waals surface area contributed by atoms with E-state index in [1.807, 2.05) is 18.2 Å². The molecule has 0 bridgehead atoms. The quantitative estimate of drug-likeness (QED) is 0.436. The number of methoxy groups -OCH3 is 2. The van der Waals surface area contributed by atoms with Crippen molar-refractivity contribution < 1.29 is 24.8 Å². The van der Waals surface area contributed by atoms with Crippen molar-refractivity contribution in [1.29, 1.82) is 0 Å². The van der Waals surface area contributed by atoms with Gasteiger partial charge in [0.2, 0.25) is 0 Å². The highest BCUT2D eigenvalue weighted by Crippen LogP contribution is 2.28. The number of aromatic hydroxyl groups is 2. The van der Waals surface area contributed by atoms with Crippen molar-refractivity contribution in [2.45, 2.75) is 12.5 Å². The number of aliphatic hydroxyl groups excluding tert-OH is 1. The maximum absolute atomic E-state index is 10.1. The van der Waals surface area contributed by atoms with Crippen molar-refractivity contribution in [3.8, 4) is 23.0 Å². The van der Waals surface area contributed by atoms with Crippen LogP contribution in [-0.2, 0) is 6.42 Å². The fraction of sp³-hybridized carbons (Fsp3) is 0.333. The zero-order valence-electron chi connectivity index (χ0n) is 13.8. The minimum absolute atomic E-state index is 0.00665. The molecule has 0 unspecified atom stereocenters. The molecule has 4 N–H and O–H groups in total. The summed E-state index contributed by atoms with van der Waals surface area (Å²) in [5.74, 6) is 1.33. The second kappa shape index (κ2) is 8.42. The molecule has 2 aromatic rings. The average molecular weight is 333 g/mol. The van der Waals surface area contributed by atoms with Crippen LogP contribution in [0.1, 0.15) is 17.2 Å². The second-order valence-corrected chi connectivity index (χ2v) is 5.40. The number of hydrogen-bond donors (Lipinski definition) is 4. The molecular weight excluding hydrogens is 310 g/mol. The summed E-state index contributed by atoms with van der Waals surface area (Å²) < 4.78 is 10.5. The van der Waals surface area contributed by atoms with E-state index in [0.29, 0.717) is 23.6 Å². The van der Waals surface area contributed by atoms with E-state index >= 15 is 0 Å². The fourth-order valence-corrected chi connectivity index (χ4v) is 2.43. The molecule has 6 heteroatoms. The summed E-state index contributed by atoms with van der Waals surface area (Å²) in [6.45, 7) is 0.913. The van der Waals surface area contributed by atoms with Gasteiger partial charge < -0.3 is 30.1 Å². The van der Waals surface area contributed by atoms with E-state index in [-0.39, 0.29) is 18.0 Å². The third kappa shape index (κ3) is 4.53. The minimum Gasteiger partial charge on any atom is -0.508 e. The van der Waals surface area contributed by atoms with Gasteiger partial charge in [-0.3, -0.25) is 0 Å². The molecule has 0 aliphatic carbocycles. The number of hydrogen-bond acceptors (Lipinski definition) is 6. The molecule has 0 aliphatic rings. The molecule has 0 heterocycles. The highest BCUT2D eigenvalue weighted by molar-refractivity contribution is 5.43. The molecular formula is C18H23NO5. The molecule has 0 radical (unpaired) electrons. The number of aliphatic hydroxyl groups is 1. The van der Waals surface area contributed by atoms with Crippen molar-refractivity contribution >= 4 is 0 Å². The summed E-state index contributed by atoms with van der Waals surface area (Å²) in [4.78, 5) is 0. The molecule has 0 saturated carbocycles. The van der Waals surface area contributed by atoms with Crippen molar-refractivity contribution in [3.63, 3.8) is 0 Å². The van der Waals surface area contributed by atoms with Gasteiger partial charge in [-0.2, -0.15) is 0 Å². The molecule has 0 fully saturated rings. The number of nitrogens with one attached hydrogen (secondary N) is 1. The Labute approximate surface area is 141 Å². The third-order valence-electron chi connectivity index (χ3n) is 3.75. The minimum atomic E-state index is -0.900. The van der Waals surface area contributed by atoms with Crippen LogP contribution in [0, 0.1) is 0 Å². The van der Waals surface area contributed by atoms with Gasteiger partial charge in [0.1, 0.15) is 11.5 Å². The van der Waals surface area contributed by atoms with Gasteiger partial charge in [0.25, 0.3) is 0 Å². The maximum atomic E-state index is 10.1. The summed E-state index contributed by atoms with van der Waals surface area (Å²) in [6.07, 6.45) is -0.151. The van der Waals surface area contributed by atoms with E-state index in [4.69, 9.17) is 9.47 Å². The molecule has 0 amide bonds. The first kappa shape index (κ1) is 17.9. The Morgan fingerprint density at radius 2 is 1.75 bits per heavy atom. The first-order valence-electron chi connectivity index (χ1n) is 7.66. The molecule has 0 spiro atoms. The van der Waals surface area contributed by atoms with Crippen LogP contribution >= 0.6 is 0 Å². The standard InChI is InChI=1S/C18H23NO5/c1-23-17-6-3-12(9-18(17)24-2)7-8-19-11-16(22)14-10-13(20)4-5-15(14)21/h3-6,9-10,16,19-22H,7-8,11H2,1-2H3/t16-/m1/s1. The molecule has 2 aromatic carbocycles. The lowest BCUT2D eigenvalue weighted by molar-refractivity contribution is 0.171. The lowest BCUT2D eigenvalue weighted by Gasteiger charge is -2.14. The van der Waals surface area contributed by atoms with E-state index in [9.17, 15) is 15.3 Å². The van der Waals surface area contributed by atoms with Gasteiger partial charge in [0.15, 0.2) is 11.5 Å². The highest BCUT2D eigenvalue weighted by Gasteiger charge is 2.12. The fourth-order valence-electron chi connectivity index (χ4n) is 2.43. The molecule has 2 rings (SSSR count). The number of ether oxygens (including phenoxy) is 2. The molecule has 130 valence electrons. The Morgan fingerprint density at radius 1 is 1.00 bits per heavy atom. The summed E-state index contributed by atoms with van der Waals surface area (Å²) in [6, 6.07) is 9.82. The number of benzene rings is 2. The smallest absolute Gasteiger partial charge is 0.160 e. The lowest BCUT2D eigenvalue weighted by atomic mass is 10.1. The number of phenolic OH excluding ortho intramolecular Hbond substituents is 2. The van der Waals surface area contributed by atoms with Crippen LogP contribution < -0.4 is 14.8 Å². The van der Waals surface area contributed by atoms with Gasteiger partial charge in [-0.25, -0.2) is 0 Å².